The topological polar surface area (TPSA) is 35.0 Å². The van der Waals surface area contributed by atoms with Crippen LogP contribution in [0.1, 0.15) is 0 Å². The summed E-state index contributed by atoms with van der Waals surface area (Å²) in [6.45, 7) is -2.84. The van der Waals surface area contributed by atoms with E-state index in [2.05, 4.69) is 14.7 Å². The van der Waals surface area contributed by atoms with E-state index in [9.17, 15) is 8.78 Å². The van der Waals surface area contributed by atoms with Gasteiger partial charge in [-0.2, -0.15) is 8.78 Å². The molecule has 0 aliphatic heterocycles. The molecule has 3 nitrogen and oxygen atoms in total. The maximum atomic E-state index is 12.0. The summed E-state index contributed by atoms with van der Waals surface area (Å²) in [6, 6.07) is 5.04. The number of pyridine rings is 2. The molecule has 2 aromatic rings. The maximum Gasteiger partial charge on any atom is 0.387 e. The van der Waals surface area contributed by atoms with Crippen molar-refractivity contribution >= 4 is 0 Å². The van der Waals surface area contributed by atoms with Crippen molar-refractivity contribution in [2.24, 2.45) is 0 Å². The molecule has 0 bridgehead atoms. The third kappa shape index (κ3) is 2.50. The van der Waals surface area contributed by atoms with Crippen LogP contribution in [0.25, 0.3) is 11.1 Å². The second-order valence-electron chi connectivity index (χ2n) is 3.02. The van der Waals surface area contributed by atoms with Crippen LogP contribution < -0.4 is 4.74 Å². The van der Waals surface area contributed by atoms with Gasteiger partial charge in [-0.3, -0.25) is 9.97 Å². The first-order valence-electron chi connectivity index (χ1n) is 4.56. The van der Waals surface area contributed by atoms with Crippen LogP contribution in [0.2, 0.25) is 0 Å². The molecule has 2 heterocycles. The molecule has 0 amide bonds. The molecular formula is C11H8F2N2O. The Morgan fingerprint density at radius 3 is 2.44 bits per heavy atom. The van der Waals surface area contributed by atoms with E-state index in [1.165, 1.54) is 12.3 Å². The normalized spacial score (nSPS) is 10.4. The summed E-state index contributed by atoms with van der Waals surface area (Å²) >= 11 is 0. The Bertz CT molecular complexity index is 463. The van der Waals surface area contributed by atoms with Crippen LogP contribution in [-0.4, -0.2) is 16.6 Å². The van der Waals surface area contributed by atoms with E-state index in [1.807, 2.05) is 0 Å². The van der Waals surface area contributed by atoms with Crippen molar-refractivity contribution in [2.45, 2.75) is 6.61 Å². The van der Waals surface area contributed by atoms with Gasteiger partial charge in [-0.1, -0.05) is 0 Å². The zero-order valence-electron chi connectivity index (χ0n) is 8.18. The van der Waals surface area contributed by atoms with Gasteiger partial charge in [0.15, 0.2) is 0 Å². The largest absolute Gasteiger partial charge is 0.433 e. The summed E-state index contributed by atoms with van der Waals surface area (Å²) in [5.41, 5.74) is 1.56. The van der Waals surface area contributed by atoms with E-state index in [4.69, 9.17) is 0 Å². The molecule has 0 N–H and O–H groups in total. The van der Waals surface area contributed by atoms with Gasteiger partial charge in [0, 0.05) is 24.2 Å². The minimum Gasteiger partial charge on any atom is -0.433 e. The maximum absolute atomic E-state index is 12.0. The lowest BCUT2D eigenvalue weighted by Crippen LogP contribution is -2.02. The minimum absolute atomic E-state index is 0.0457. The summed E-state index contributed by atoms with van der Waals surface area (Å²) < 4.78 is 28.3. The highest BCUT2D eigenvalue weighted by atomic mass is 19.3. The quantitative estimate of drug-likeness (QED) is 0.800. The monoisotopic (exact) mass is 222 g/mol. The molecule has 0 radical (unpaired) electrons. The number of halogens is 2. The Kier molecular flexibility index (Phi) is 3.05. The molecule has 0 saturated carbocycles. The van der Waals surface area contributed by atoms with Gasteiger partial charge in [0.2, 0.25) is 0 Å². The molecule has 0 unspecified atom stereocenters. The van der Waals surface area contributed by atoms with Crippen LogP contribution in [0.15, 0.2) is 43.0 Å². The van der Waals surface area contributed by atoms with Gasteiger partial charge in [-0.15, -0.1) is 0 Å². The zero-order valence-corrected chi connectivity index (χ0v) is 8.18. The van der Waals surface area contributed by atoms with E-state index in [0.29, 0.717) is 5.56 Å². The van der Waals surface area contributed by atoms with Crippen molar-refractivity contribution in [1.29, 1.82) is 0 Å². The highest BCUT2D eigenvalue weighted by Crippen LogP contribution is 2.22. The van der Waals surface area contributed by atoms with Crippen LogP contribution >= 0.6 is 0 Å². The van der Waals surface area contributed by atoms with Crippen molar-refractivity contribution in [2.75, 3.05) is 0 Å². The lowest BCUT2D eigenvalue weighted by molar-refractivity contribution is -0.0500. The molecule has 0 saturated heterocycles. The Hall–Kier alpha value is -2.04. The average molecular weight is 222 g/mol. The van der Waals surface area contributed by atoms with E-state index in [-0.39, 0.29) is 5.75 Å². The summed E-state index contributed by atoms with van der Waals surface area (Å²) in [5.74, 6) is 0.0457. The molecule has 16 heavy (non-hydrogen) atoms. The first-order valence-corrected chi connectivity index (χ1v) is 4.56. The molecule has 2 aromatic heterocycles. The second kappa shape index (κ2) is 4.65. The van der Waals surface area contributed by atoms with E-state index in [0.717, 1.165) is 5.56 Å². The van der Waals surface area contributed by atoms with Crippen LogP contribution in [0, 0.1) is 0 Å². The predicted octanol–water partition coefficient (Wildman–Crippen LogP) is 2.75. The lowest BCUT2D eigenvalue weighted by atomic mass is 10.1. The Morgan fingerprint density at radius 1 is 1.00 bits per heavy atom. The molecular weight excluding hydrogens is 214 g/mol. The fraction of sp³-hybridized carbons (Fsp3) is 0.0909. The Labute approximate surface area is 90.7 Å². The van der Waals surface area contributed by atoms with Crippen molar-refractivity contribution in [3.8, 4) is 16.9 Å². The van der Waals surface area contributed by atoms with E-state index < -0.39 is 6.61 Å². The van der Waals surface area contributed by atoms with Gasteiger partial charge in [0.25, 0.3) is 0 Å². The molecule has 0 aliphatic carbocycles. The second-order valence-corrected chi connectivity index (χ2v) is 3.02. The van der Waals surface area contributed by atoms with Gasteiger partial charge in [0.1, 0.15) is 5.75 Å². The SMILES string of the molecule is FC(F)Oc1cncc(-c2ccncc2)c1. The summed E-state index contributed by atoms with van der Waals surface area (Å²) in [4.78, 5) is 7.71. The number of nitrogens with zero attached hydrogens (tertiary/aromatic N) is 2. The number of aromatic nitrogens is 2. The van der Waals surface area contributed by atoms with Crippen LogP contribution in [0.3, 0.4) is 0 Å². The predicted molar refractivity (Wildman–Crippen MR) is 54.1 cm³/mol. The van der Waals surface area contributed by atoms with Crippen molar-refractivity contribution < 1.29 is 13.5 Å². The molecule has 82 valence electrons. The van der Waals surface area contributed by atoms with Crippen LogP contribution in [-0.2, 0) is 0 Å². The van der Waals surface area contributed by atoms with Crippen molar-refractivity contribution in [3.63, 3.8) is 0 Å². The molecule has 0 aromatic carbocycles. The Morgan fingerprint density at radius 2 is 1.75 bits per heavy atom. The molecule has 0 atom stereocenters. The first-order chi connectivity index (χ1) is 7.75. The molecule has 0 fully saturated rings. The highest BCUT2D eigenvalue weighted by Gasteiger charge is 2.05. The number of hydrogen-bond donors (Lipinski definition) is 0. The van der Waals surface area contributed by atoms with Gasteiger partial charge in [-0.05, 0) is 23.8 Å². The summed E-state index contributed by atoms with van der Waals surface area (Å²) in [6.07, 6.45) is 6.07. The number of ether oxygens (including phenoxy) is 1. The number of rotatable bonds is 3. The average Bonchev–Trinajstić information content (AvgIpc) is 2.30. The molecule has 0 aliphatic rings. The zero-order chi connectivity index (χ0) is 11.4. The van der Waals surface area contributed by atoms with Crippen molar-refractivity contribution in [3.05, 3.63) is 43.0 Å². The summed E-state index contributed by atoms with van der Waals surface area (Å²) in [5, 5.41) is 0. The fourth-order valence-electron chi connectivity index (χ4n) is 1.29. The van der Waals surface area contributed by atoms with Crippen LogP contribution in [0.5, 0.6) is 5.75 Å². The standard InChI is InChI=1S/C11H8F2N2O/c12-11(13)16-10-5-9(6-15-7-10)8-1-3-14-4-2-8/h1-7,11H. The number of hydrogen-bond acceptors (Lipinski definition) is 3. The first kappa shape index (κ1) is 10.5. The van der Waals surface area contributed by atoms with Gasteiger partial charge in [0.05, 0.1) is 6.20 Å². The summed E-state index contributed by atoms with van der Waals surface area (Å²) in [7, 11) is 0. The third-order valence-electron chi connectivity index (χ3n) is 1.95. The van der Waals surface area contributed by atoms with E-state index >= 15 is 0 Å². The highest BCUT2D eigenvalue weighted by molar-refractivity contribution is 5.62. The van der Waals surface area contributed by atoms with E-state index in [1.54, 1.807) is 30.7 Å². The van der Waals surface area contributed by atoms with Crippen LogP contribution in [0.4, 0.5) is 8.78 Å². The van der Waals surface area contributed by atoms with Gasteiger partial charge < -0.3 is 4.74 Å². The van der Waals surface area contributed by atoms with Gasteiger partial charge >= 0.3 is 6.61 Å². The molecule has 5 heteroatoms. The third-order valence-corrected chi connectivity index (χ3v) is 1.95. The molecule has 0 spiro atoms. The molecule has 2 rings (SSSR count). The smallest absolute Gasteiger partial charge is 0.387 e. The van der Waals surface area contributed by atoms with Crippen molar-refractivity contribution in [1.82, 2.24) is 9.97 Å². The fourth-order valence-corrected chi connectivity index (χ4v) is 1.29. The Balaban J connectivity index is 2.29. The van der Waals surface area contributed by atoms with Gasteiger partial charge in [-0.25, -0.2) is 0 Å². The lowest BCUT2D eigenvalue weighted by Gasteiger charge is -2.05. The minimum atomic E-state index is -2.84. The number of alkyl halides is 2.